The highest BCUT2D eigenvalue weighted by Gasteiger charge is 2.18. The van der Waals surface area contributed by atoms with E-state index >= 15 is 0 Å². The Morgan fingerprint density at radius 3 is 2.27 bits per heavy atom. The molecule has 0 bridgehead atoms. The molecular weight excluding hydrogens is 656 g/mol. The van der Waals surface area contributed by atoms with E-state index in [2.05, 4.69) is 36.9 Å². The first-order valence-electron chi connectivity index (χ1n) is 13.6. The minimum absolute atomic E-state index is 0.0957. The lowest BCUT2D eigenvalue weighted by atomic mass is 10.1. The van der Waals surface area contributed by atoms with Gasteiger partial charge < -0.3 is 16.0 Å². The second-order valence-corrected chi connectivity index (χ2v) is 12.8. The average molecular weight is 684 g/mol. The summed E-state index contributed by atoms with van der Waals surface area (Å²) in [5, 5.41) is 10.6. The molecule has 0 fully saturated rings. The van der Waals surface area contributed by atoms with E-state index < -0.39 is 11.8 Å². The van der Waals surface area contributed by atoms with E-state index in [1.54, 1.807) is 42.5 Å². The van der Waals surface area contributed by atoms with Crippen LogP contribution in [0.4, 0.5) is 10.8 Å². The van der Waals surface area contributed by atoms with Crippen LogP contribution in [-0.2, 0) is 9.59 Å². The van der Waals surface area contributed by atoms with Crippen LogP contribution in [-0.4, -0.2) is 28.0 Å². The van der Waals surface area contributed by atoms with Gasteiger partial charge in [0.25, 0.3) is 11.8 Å². The lowest BCUT2D eigenvalue weighted by Gasteiger charge is -2.13. The van der Waals surface area contributed by atoms with Crippen molar-refractivity contribution in [2.75, 3.05) is 10.6 Å². The zero-order valence-corrected chi connectivity index (χ0v) is 26.7. The normalized spacial score (nSPS) is 11.8. The second-order valence-electron chi connectivity index (χ2n) is 9.56. The number of rotatable bonds is 10. The molecule has 220 valence electrons. The molecule has 10 heteroatoms. The van der Waals surface area contributed by atoms with Gasteiger partial charge in [0, 0.05) is 31.6 Å². The predicted molar refractivity (Wildman–Crippen MR) is 183 cm³/mol. The summed E-state index contributed by atoms with van der Waals surface area (Å²) >= 11 is 6.22. The van der Waals surface area contributed by atoms with Crippen molar-refractivity contribution in [2.45, 2.75) is 17.1 Å². The van der Waals surface area contributed by atoms with Crippen molar-refractivity contribution in [2.24, 2.45) is 0 Å². The van der Waals surface area contributed by atoms with Gasteiger partial charge in [0.15, 0.2) is 5.13 Å². The highest BCUT2D eigenvalue weighted by atomic mass is 79.9. The Morgan fingerprint density at radius 2 is 1.57 bits per heavy atom. The summed E-state index contributed by atoms with van der Waals surface area (Å²) in [5.41, 5.74) is 3.63. The molecular formula is C34H27BrN4O3S2. The van der Waals surface area contributed by atoms with E-state index in [1.165, 1.54) is 23.1 Å². The topological polar surface area (TPSA) is 100 Å². The maximum Gasteiger partial charge on any atom is 0.272 e. The smallest absolute Gasteiger partial charge is 0.272 e. The molecule has 3 N–H and O–H groups in total. The largest absolute Gasteiger partial charge is 0.321 e. The summed E-state index contributed by atoms with van der Waals surface area (Å²) in [6, 6.07) is 33.1. The summed E-state index contributed by atoms with van der Waals surface area (Å²) in [6.07, 6.45) is 1.62. The van der Waals surface area contributed by atoms with E-state index in [4.69, 9.17) is 0 Å². The summed E-state index contributed by atoms with van der Waals surface area (Å²) in [7, 11) is 0. The Bertz CT molecular complexity index is 1790. The van der Waals surface area contributed by atoms with Gasteiger partial charge in [-0.3, -0.25) is 14.4 Å². The van der Waals surface area contributed by atoms with Gasteiger partial charge in [-0.05, 0) is 67.1 Å². The van der Waals surface area contributed by atoms with Gasteiger partial charge in [-0.25, -0.2) is 4.98 Å². The molecule has 1 unspecified atom stereocenters. The molecule has 0 radical (unpaired) electrons. The van der Waals surface area contributed by atoms with Gasteiger partial charge in [-0.15, -0.1) is 23.1 Å². The first-order valence-corrected chi connectivity index (χ1v) is 16.1. The number of anilines is 2. The van der Waals surface area contributed by atoms with Crippen LogP contribution in [0.2, 0.25) is 0 Å². The Morgan fingerprint density at radius 1 is 0.864 bits per heavy atom. The third-order valence-electron chi connectivity index (χ3n) is 6.29. The number of carbonyl (C=O) groups excluding carboxylic acids is 3. The number of hydrogen-bond acceptors (Lipinski definition) is 6. The maximum absolute atomic E-state index is 13.3. The molecule has 0 saturated carbocycles. The number of amides is 3. The molecule has 5 aromatic rings. The van der Waals surface area contributed by atoms with Gasteiger partial charge in [0.05, 0.1) is 10.9 Å². The molecule has 0 aliphatic heterocycles. The van der Waals surface area contributed by atoms with E-state index in [9.17, 15) is 14.4 Å². The van der Waals surface area contributed by atoms with Gasteiger partial charge in [-0.2, -0.15) is 0 Å². The van der Waals surface area contributed by atoms with Gasteiger partial charge in [0.1, 0.15) is 5.70 Å². The highest BCUT2D eigenvalue weighted by molar-refractivity contribution is 9.10. The Kier molecular flexibility index (Phi) is 10.4. The van der Waals surface area contributed by atoms with Crippen LogP contribution < -0.4 is 16.0 Å². The standard InChI is InChI=1S/C34H27BrN4O3S2/c1-22(31(40)39-34-38-30(21-43-34)24-10-4-2-5-11-24)44-28-17-15-27(16-18-28)36-33(42)29(20-23-9-8-14-26(35)19-23)37-32(41)25-12-6-3-7-13-25/h2-22H,1H3,(H,36,42)(H,37,41)(H,38,39,40)/b29-20-. The molecule has 1 heterocycles. The molecule has 7 nitrogen and oxygen atoms in total. The Labute approximate surface area is 272 Å². The highest BCUT2D eigenvalue weighted by Crippen LogP contribution is 2.28. The van der Waals surface area contributed by atoms with Crippen LogP contribution in [0.5, 0.6) is 0 Å². The quantitative estimate of drug-likeness (QED) is 0.102. The maximum atomic E-state index is 13.3. The number of hydrogen-bond donors (Lipinski definition) is 3. The fourth-order valence-electron chi connectivity index (χ4n) is 4.06. The molecule has 0 aliphatic carbocycles. The molecule has 44 heavy (non-hydrogen) atoms. The van der Waals surface area contributed by atoms with Crippen molar-refractivity contribution < 1.29 is 14.4 Å². The van der Waals surface area contributed by atoms with Gasteiger partial charge in [-0.1, -0.05) is 76.6 Å². The van der Waals surface area contributed by atoms with Crippen LogP contribution in [0, 0.1) is 0 Å². The number of benzene rings is 4. The fraction of sp³-hybridized carbons (Fsp3) is 0.0588. The molecule has 5 rings (SSSR count). The number of nitrogens with zero attached hydrogens (tertiary/aromatic N) is 1. The summed E-state index contributed by atoms with van der Waals surface area (Å²) in [4.78, 5) is 44.4. The van der Waals surface area contributed by atoms with Crippen molar-refractivity contribution in [3.8, 4) is 11.3 Å². The van der Waals surface area contributed by atoms with E-state index in [-0.39, 0.29) is 16.9 Å². The number of nitrogens with one attached hydrogen (secondary N) is 3. The molecule has 4 aromatic carbocycles. The van der Waals surface area contributed by atoms with Crippen molar-refractivity contribution in [3.05, 3.63) is 136 Å². The van der Waals surface area contributed by atoms with Crippen molar-refractivity contribution >= 4 is 73.6 Å². The molecule has 1 atom stereocenters. The number of aromatic nitrogens is 1. The lowest BCUT2D eigenvalue weighted by Crippen LogP contribution is -2.30. The SMILES string of the molecule is CC(Sc1ccc(NC(=O)/C(=C/c2cccc(Br)c2)NC(=O)c2ccccc2)cc1)C(=O)Nc1nc(-c2ccccc2)cs1. The lowest BCUT2D eigenvalue weighted by molar-refractivity contribution is -0.115. The van der Waals surface area contributed by atoms with Gasteiger partial charge >= 0.3 is 0 Å². The van der Waals surface area contributed by atoms with Crippen LogP contribution in [0.25, 0.3) is 17.3 Å². The number of carbonyl (C=O) groups is 3. The van der Waals surface area contributed by atoms with Crippen molar-refractivity contribution in [3.63, 3.8) is 0 Å². The third-order valence-corrected chi connectivity index (χ3v) is 8.65. The van der Waals surface area contributed by atoms with E-state index in [0.29, 0.717) is 16.4 Å². The zero-order chi connectivity index (χ0) is 30.9. The molecule has 0 saturated heterocycles. The molecule has 3 amide bonds. The summed E-state index contributed by atoms with van der Waals surface area (Å²) < 4.78 is 0.847. The third kappa shape index (κ3) is 8.53. The van der Waals surface area contributed by atoms with Crippen molar-refractivity contribution in [1.82, 2.24) is 10.3 Å². The zero-order valence-electron chi connectivity index (χ0n) is 23.5. The molecule has 0 spiro atoms. The number of halogens is 1. The minimum atomic E-state index is -0.472. The van der Waals surface area contributed by atoms with Crippen LogP contribution in [0.3, 0.4) is 0 Å². The summed E-state index contributed by atoms with van der Waals surface area (Å²) in [6.45, 7) is 1.83. The Hall–Kier alpha value is -4.51. The van der Waals surface area contributed by atoms with Crippen LogP contribution in [0.1, 0.15) is 22.8 Å². The minimum Gasteiger partial charge on any atom is -0.321 e. The average Bonchev–Trinajstić information content (AvgIpc) is 3.51. The monoisotopic (exact) mass is 682 g/mol. The van der Waals surface area contributed by atoms with Crippen LogP contribution in [0.15, 0.2) is 130 Å². The second kappa shape index (κ2) is 14.8. The van der Waals surface area contributed by atoms with E-state index in [0.717, 1.165) is 26.2 Å². The first kappa shape index (κ1) is 30.9. The Balaban J connectivity index is 1.21. The fourth-order valence-corrected chi connectivity index (χ4v) is 6.07. The number of thiazole rings is 1. The summed E-state index contributed by atoms with van der Waals surface area (Å²) in [5.74, 6) is -1.02. The van der Waals surface area contributed by atoms with E-state index in [1.807, 2.05) is 85.1 Å². The van der Waals surface area contributed by atoms with Crippen LogP contribution >= 0.6 is 39.0 Å². The molecule has 0 aliphatic rings. The molecule has 1 aromatic heterocycles. The predicted octanol–water partition coefficient (Wildman–Crippen LogP) is 8.10. The first-order chi connectivity index (χ1) is 21.3. The van der Waals surface area contributed by atoms with Gasteiger partial charge in [0.2, 0.25) is 5.91 Å². The van der Waals surface area contributed by atoms with Crippen molar-refractivity contribution in [1.29, 1.82) is 0 Å². The number of thioether (sulfide) groups is 1.